The van der Waals surface area contributed by atoms with Crippen molar-refractivity contribution in [1.82, 2.24) is 59.4 Å². The maximum Gasteiger partial charge on any atom is 0.458 e. The maximum absolute atomic E-state index is 13.1. The van der Waals surface area contributed by atoms with Gasteiger partial charge in [0.25, 0.3) is 5.91 Å². The molecule has 3 heterocycles. The van der Waals surface area contributed by atoms with Gasteiger partial charge in [0.05, 0.1) is 74.1 Å². The Morgan fingerprint density at radius 3 is 1.53 bits per heavy atom. The number of aromatic amines is 1. The van der Waals surface area contributed by atoms with E-state index in [-0.39, 0.29) is 47.4 Å². The molecule has 0 spiro atoms. The van der Waals surface area contributed by atoms with Crippen molar-refractivity contribution in [1.29, 1.82) is 0 Å². The van der Waals surface area contributed by atoms with Gasteiger partial charge in [0.1, 0.15) is 6.04 Å². The van der Waals surface area contributed by atoms with Crippen LogP contribution in [0.3, 0.4) is 0 Å². The number of amides is 2. The summed E-state index contributed by atoms with van der Waals surface area (Å²) < 4.78 is 140. The first-order chi connectivity index (χ1) is 47.7. The van der Waals surface area contributed by atoms with Gasteiger partial charge in [-0.1, -0.05) is 31.2 Å². The van der Waals surface area contributed by atoms with Crippen molar-refractivity contribution in [3.8, 4) is 11.1 Å². The van der Waals surface area contributed by atoms with Crippen molar-refractivity contribution in [2.45, 2.75) is 67.8 Å². The van der Waals surface area contributed by atoms with E-state index in [9.17, 15) is 102 Å². The van der Waals surface area contributed by atoms with E-state index >= 15 is 0 Å². The average Bonchev–Trinajstić information content (AvgIpc) is 1.76. The lowest BCUT2D eigenvalue weighted by Gasteiger charge is -2.32. The third kappa shape index (κ3) is 31.9. The lowest BCUT2D eigenvalue weighted by Crippen LogP contribution is -2.49. The molecule has 2 aromatic heterocycles. The second-order valence-corrected chi connectivity index (χ2v) is 25.6. The number of Topliss-reactive ketones (excluding diaryl/α,β-unsaturated/α-hetero) is 2. The highest BCUT2D eigenvalue weighted by Crippen LogP contribution is 2.26. The van der Waals surface area contributed by atoms with Gasteiger partial charge < -0.3 is 55.6 Å². The van der Waals surface area contributed by atoms with Crippen LogP contribution in [0.15, 0.2) is 95.1 Å². The Bertz CT molecular complexity index is 3630. The van der Waals surface area contributed by atoms with Crippen molar-refractivity contribution in [3.63, 3.8) is 0 Å². The number of ketones is 2. The molecule has 0 aliphatic carbocycles. The first-order valence-corrected chi connectivity index (χ1v) is 34.4. The Hall–Kier alpha value is -8.58. The molecule has 1 fully saturated rings. The molecule has 1 unspecified atom stereocenters. The third-order valence-electron chi connectivity index (χ3n) is 14.3. The van der Waals surface area contributed by atoms with Crippen LogP contribution in [-0.2, 0) is 74.4 Å². The Kier molecular flexibility index (Phi) is 35.8. The zero-order chi connectivity index (χ0) is 74.8. The first kappa shape index (κ1) is 84.8. The van der Waals surface area contributed by atoms with Gasteiger partial charge in [0.2, 0.25) is 26.0 Å². The second kappa shape index (κ2) is 42.6. The van der Waals surface area contributed by atoms with Crippen LogP contribution in [0.4, 0.5) is 32.3 Å². The van der Waals surface area contributed by atoms with Crippen LogP contribution in [0.5, 0.6) is 0 Å². The highest BCUT2D eigenvalue weighted by Gasteiger charge is 2.54. The van der Waals surface area contributed by atoms with E-state index in [1.807, 2.05) is 23.4 Å². The number of nitrogens with one attached hydrogen (secondary N) is 6. The highest BCUT2D eigenvalue weighted by atomic mass is 32.2. The molecule has 1 saturated heterocycles. The monoisotopic (exact) mass is 1480 g/mol. The number of fused-ring (bicyclic) bond motifs is 1. The number of aromatic nitrogens is 4. The minimum atomic E-state index is -5.77. The molecule has 10 N–H and O–H groups in total. The number of aliphatic carboxylic acids is 4. The summed E-state index contributed by atoms with van der Waals surface area (Å²) in [7, 11) is -7.92. The number of carboxylic acid groups (broad SMARTS) is 4. The second-order valence-electron chi connectivity index (χ2n) is 22.1. The number of ether oxygens (including phenoxy) is 3. The number of carboxylic acids is 4. The van der Waals surface area contributed by atoms with Crippen LogP contribution < -0.4 is 25.4 Å². The summed E-state index contributed by atoms with van der Waals surface area (Å²) >= 11 is 0. The van der Waals surface area contributed by atoms with Gasteiger partial charge in [-0.3, -0.25) is 62.6 Å². The van der Waals surface area contributed by atoms with E-state index in [4.69, 9.17) is 14.2 Å². The number of benzene rings is 3. The summed E-state index contributed by atoms with van der Waals surface area (Å²) in [5.74, 6) is -11.4. The molecule has 1 atom stereocenters. The van der Waals surface area contributed by atoms with Crippen molar-refractivity contribution in [3.05, 3.63) is 90.9 Å². The molecule has 1 aliphatic rings. The number of anilines is 1. The van der Waals surface area contributed by atoms with Gasteiger partial charge in [-0.2, -0.15) is 36.2 Å². The van der Waals surface area contributed by atoms with E-state index in [2.05, 4.69) is 40.5 Å². The van der Waals surface area contributed by atoms with E-state index < -0.39 is 86.3 Å². The van der Waals surface area contributed by atoms with Crippen molar-refractivity contribution >= 4 is 84.2 Å². The van der Waals surface area contributed by atoms with Gasteiger partial charge >= 0.3 is 47.8 Å². The average molecular weight is 1480 g/mol. The summed E-state index contributed by atoms with van der Waals surface area (Å²) in [6.45, 7) is 10.8. The molecule has 1 aliphatic heterocycles. The lowest BCUT2D eigenvalue weighted by atomic mass is 10.1. The molecule has 101 heavy (non-hydrogen) atoms. The van der Waals surface area contributed by atoms with Crippen LogP contribution >= 0.6 is 0 Å². The topological polar surface area (TPSA) is 433 Å². The lowest BCUT2D eigenvalue weighted by molar-refractivity contribution is -0.193. The fraction of sp³-hybridized carbons (Fsp3) is 0.508. The molecule has 0 bridgehead atoms. The normalized spacial score (nSPS) is 14.4. The molecule has 0 saturated carbocycles. The minimum absolute atomic E-state index is 0.0848. The Morgan fingerprint density at radius 1 is 0.594 bits per heavy atom. The molecule has 5 aromatic rings. The summed E-state index contributed by atoms with van der Waals surface area (Å²) in [5, 5.41) is 51.2. The molecule has 3 aromatic carbocycles. The van der Waals surface area contributed by atoms with Gasteiger partial charge in [0, 0.05) is 122 Å². The Balaban J connectivity index is 0.000000374. The number of alkyl halides is 6. The van der Waals surface area contributed by atoms with Gasteiger partial charge in [0.15, 0.2) is 5.95 Å². The summed E-state index contributed by atoms with van der Waals surface area (Å²) in [4.78, 5) is 105. The smallest absolute Gasteiger partial charge is 0.458 e. The zero-order valence-electron chi connectivity index (χ0n) is 55.2. The fourth-order valence-corrected chi connectivity index (χ4v) is 11.5. The van der Waals surface area contributed by atoms with Crippen molar-refractivity contribution < 1.29 is 116 Å². The quantitative estimate of drug-likeness (QED) is 0.0154. The molecule has 32 nitrogen and oxygen atoms in total. The van der Waals surface area contributed by atoms with Gasteiger partial charge in [-0.05, 0) is 79.8 Å². The molecule has 40 heteroatoms. The van der Waals surface area contributed by atoms with Crippen molar-refractivity contribution in [2.75, 3.05) is 150 Å². The predicted octanol–water partition coefficient (Wildman–Crippen LogP) is 2.07. The number of halogens is 6. The first-order valence-electron chi connectivity index (χ1n) is 31.4. The number of hydrogen-bond acceptors (Lipinski definition) is 22. The van der Waals surface area contributed by atoms with Crippen LogP contribution in [0.1, 0.15) is 43.5 Å². The number of rotatable bonds is 37. The Labute approximate surface area is 577 Å². The van der Waals surface area contributed by atoms with E-state index in [1.54, 1.807) is 63.6 Å². The van der Waals surface area contributed by atoms with Crippen molar-refractivity contribution in [2.24, 2.45) is 0 Å². The summed E-state index contributed by atoms with van der Waals surface area (Å²) in [5.41, 5.74) is 2.36. The molecule has 2 amide bonds. The number of imidazole rings is 1. The zero-order valence-corrected chi connectivity index (χ0v) is 56.8. The van der Waals surface area contributed by atoms with E-state index in [0.717, 1.165) is 17.3 Å². The third-order valence-corrected chi connectivity index (χ3v) is 17.3. The Morgan fingerprint density at radius 2 is 1.08 bits per heavy atom. The number of sulfonamides is 2. The molecule has 6 rings (SSSR count). The van der Waals surface area contributed by atoms with Crippen LogP contribution in [-0.4, -0.2) is 287 Å². The number of H-pyrrole nitrogens is 1. The number of aryl methyl sites for hydroxylation is 1. The van der Waals surface area contributed by atoms with E-state index in [1.165, 1.54) is 36.4 Å². The molecule has 0 radical (unpaired) electrons. The molecular weight excluding hydrogens is 1400 g/mol. The number of carbonyl (C=O) groups excluding carboxylic acids is 4. The molecule has 560 valence electrons. The van der Waals surface area contributed by atoms with Crippen LogP contribution in [0.2, 0.25) is 0 Å². The number of nitrogens with zero attached hydrogens (tertiary/aromatic N) is 7. The minimum Gasteiger partial charge on any atom is -0.480 e. The number of carbonyl (C=O) groups is 8. The van der Waals surface area contributed by atoms with Crippen LogP contribution in [0.25, 0.3) is 22.0 Å². The highest BCUT2D eigenvalue weighted by molar-refractivity contribution is 7.89. The summed E-state index contributed by atoms with van der Waals surface area (Å²) in [6.07, 6.45) is -4.45. The molecular formula is C61H83F6N13O19S2. The summed E-state index contributed by atoms with van der Waals surface area (Å²) in [6, 6.07) is 15.1. The standard InChI is InChI=1S/C32H36N8O7S2.C25H47N5O10.C4F6O2/c1-2-14-38-48(44,45)26-9-4-22(5-10-26)23-6-11-27(12-7-23)49(46,47)39-28(31(42)43)21-36-30(41)24-8-13-29-25(19-24)20-37-40(29)18-3-15-33-32-34-16-17-35-32;1-2-38-14-15-40-17-16-39-13-3-4-26-22(31)18-27-5-7-28(19-23(32)33)9-11-30(21-25(36)37)12-10-29(8-6-27)20-24(34)35;5-3(6,7)1(11)2(12)4(8,9)10/h4-13,16-17,19-20,28,38-39H,2-3,14-15,18,21H2,1H3,(H,36,41)(H,42,43)(H2,33,34,35);2-21H2,1H3,(H,26,31)(H,32,33)(H,34,35)(H,36,37);. The van der Waals surface area contributed by atoms with Gasteiger partial charge in [-0.15, -0.1) is 0 Å². The maximum atomic E-state index is 13.1. The van der Waals surface area contributed by atoms with Gasteiger partial charge in [-0.25, -0.2) is 26.5 Å². The van der Waals surface area contributed by atoms with E-state index in [0.29, 0.717) is 148 Å². The van der Waals surface area contributed by atoms with Crippen LogP contribution in [0, 0.1) is 0 Å². The fourth-order valence-electron chi connectivity index (χ4n) is 9.20. The predicted molar refractivity (Wildman–Crippen MR) is 349 cm³/mol. The SMILES string of the molecule is CCCNS(=O)(=O)c1ccc(-c2ccc(S(=O)(=O)NC(CNC(=O)c3ccc4c(cnn4CCCNc4ncc[nH]4)c3)C(=O)O)cc2)cc1.CCOCCOCCOCCCNC(=O)CN1CCN(CC(=O)O)CCN(CC(=O)O)CCN(CC(=O)O)CC1.O=C(C(=O)C(F)(F)F)C(F)(F)F. The number of hydrogen-bond donors (Lipinski definition) is 10. The largest absolute Gasteiger partial charge is 0.480 e.